The van der Waals surface area contributed by atoms with Gasteiger partial charge in [0.05, 0.1) is 17.1 Å². The standard InChI is InChI=1S/C13H13FN6S/c1-8(12-17-18-19-20(12)2)21-13-15-7-11(16-13)9-3-5-10(14)6-4-9/h3-8H,1-2H3,(H,15,16)/t8-/m0/s1. The number of hydrogen-bond donors (Lipinski definition) is 1. The third kappa shape index (κ3) is 2.94. The number of benzene rings is 1. The van der Waals surface area contributed by atoms with E-state index in [0.717, 1.165) is 22.2 Å². The highest BCUT2D eigenvalue weighted by molar-refractivity contribution is 7.99. The average molecular weight is 304 g/mol. The Morgan fingerprint density at radius 3 is 2.71 bits per heavy atom. The topological polar surface area (TPSA) is 72.3 Å². The molecule has 0 aliphatic rings. The van der Waals surface area contributed by atoms with Crippen LogP contribution in [0.2, 0.25) is 0 Å². The maximum absolute atomic E-state index is 12.9. The van der Waals surface area contributed by atoms with Crippen molar-refractivity contribution in [3.8, 4) is 11.3 Å². The molecule has 1 aromatic carbocycles. The van der Waals surface area contributed by atoms with E-state index in [1.807, 2.05) is 6.92 Å². The molecule has 0 saturated heterocycles. The molecule has 21 heavy (non-hydrogen) atoms. The first kappa shape index (κ1) is 13.7. The van der Waals surface area contributed by atoms with Crippen molar-refractivity contribution in [2.24, 2.45) is 7.05 Å². The molecule has 0 fully saturated rings. The number of hydrogen-bond acceptors (Lipinski definition) is 5. The monoisotopic (exact) mass is 304 g/mol. The molecule has 1 N–H and O–H groups in total. The molecule has 6 nitrogen and oxygen atoms in total. The predicted octanol–water partition coefficient (Wildman–Crippen LogP) is 2.59. The van der Waals surface area contributed by atoms with Gasteiger partial charge in [-0.05, 0) is 47.2 Å². The summed E-state index contributed by atoms with van der Waals surface area (Å²) in [6, 6.07) is 6.29. The minimum atomic E-state index is -0.253. The number of tetrazole rings is 1. The fourth-order valence-electron chi connectivity index (χ4n) is 1.94. The lowest BCUT2D eigenvalue weighted by atomic mass is 10.2. The van der Waals surface area contributed by atoms with Crippen molar-refractivity contribution in [3.05, 3.63) is 42.1 Å². The SMILES string of the molecule is C[C@H](Sc1ncc(-c2ccc(F)cc2)[nH]1)c1nnnn1C. The first-order valence-electron chi connectivity index (χ1n) is 6.33. The van der Waals surface area contributed by atoms with E-state index in [1.165, 1.54) is 23.9 Å². The van der Waals surface area contributed by atoms with Gasteiger partial charge in [0.25, 0.3) is 0 Å². The van der Waals surface area contributed by atoms with Crippen molar-refractivity contribution in [1.29, 1.82) is 0 Å². The molecule has 0 saturated carbocycles. The summed E-state index contributed by atoms with van der Waals surface area (Å²) in [6.45, 7) is 2.01. The molecular weight excluding hydrogens is 291 g/mol. The van der Waals surface area contributed by atoms with Gasteiger partial charge in [-0.3, -0.25) is 0 Å². The Bertz CT molecular complexity index is 735. The number of aryl methyl sites for hydroxylation is 1. The van der Waals surface area contributed by atoms with Crippen LogP contribution in [0.1, 0.15) is 18.0 Å². The summed E-state index contributed by atoms with van der Waals surface area (Å²) in [5, 5.41) is 12.3. The molecule has 0 amide bonds. The van der Waals surface area contributed by atoms with Gasteiger partial charge in [-0.2, -0.15) is 0 Å². The number of nitrogens with one attached hydrogen (secondary N) is 1. The van der Waals surface area contributed by atoms with E-state index in [2.05, 4.69) is 25.5 Å². The summed E-state index contributed by atoms with van der Waals surface area (Å²) in [7, 11) is 1.80. The number of aromatic amines is 1. The van der Waals surface area contributed by atoms with Gasteiger partial charge >= 0.3 is 0 Å². The number of rotatable bonds is 4. The van der Waals surface area contributed by atoms with Gasteiger partial charge in [-0.15, -0.1) is 5.10 Å². The van der Waals surface area contributed by atoms with Crippen molar-refractivity contribution in [1.82, 2.24) is 30.2 Å². The maximum Gasteiger partial charge on any atom is 0.166 e. The fraction of sp³-hybridized carbons (Fsp3) is 0.231. The lowest BCUT2D eigenvalue weighted by molar-refractivity contribution is 0.628. The van der Waals surface area contributed by atoms with Crippen molar-refractivity contribution in [2.75, 3.05) is 0 Å². The van der Waals surface area contributed by atoms with Gasteiger partial charge < -0.3 is 4.98 Å². The van der Waals surface area contributed by atoms with Crippen LogP contribution >= 0.6 is 11.8 Å². The van der Waals surface area contributed by atoms with E-state index in [0.29, 0.717) is 0 Å². The molecule has 0 unspecified atom stereocenters. The summed E-state index contributed by atoms with van der Waals surface area (Å²) in [6.07, 6.45) is 1.73. The van der Waals surface area contributed by atoms with Crippen LogP contribution in [0.4, 0.5) is 4.39 Å². The smallest absolute Gasteiger partial charge is 0.166 e. The van der Waals surface area contributed by atoms with Gasteiger partial charge in [0.2, 0.25) is 0 Å². The number of imidazole rings is 1. The van der Waals surface area contributed by atoms with E-state index < -0.39 is 0 Å². The second kappa shape index (κ2) is 5.65. The summed E-state index contributed by atoms with van der Waals surface area (Å²) < 4.78 is 14.6. The zero-order chi connectivity index (χ0) is 14.8. The third-order valence-electron chi connectivity index (χ3n) is 3.01. The molecule has 8 heteroatoms. The maximum atomic E-state index is 12.9. The van der Waals surface area contributed by atoms with Crippen LogP contribution in [0, 0.1) is 5.82 Å². The average Bonchev–Trinajstić information content (AvgIpc) is 3.09. The van der Waals surface area contributed by atoms with Gasteiger partial charge in [0.15, 0.2) is 11.0 Å². The van der Waals surface area contributed by atoms with Crippen LogP contribution < -0.4 is 0 Å². The van der Waals surface area contributed by atoms with Gasteiger partial charge in [0.1, 0.15) is 5.82 Å². The third-order valence-corrected chi connectivity index (χ3v) is 4.01. The number of H-pyrrole nitrogens is 1. The van der Waals surface area contributed by atoms with Crippen LogP contribution in [0.3, 0.4) is 0 Å². The zero-order valence-electron chi connectivity index (χ0n) is 11.5. The Balaban J connectivity index is 1.76. The quantitative estimate of drug-likeness (QED) is 0.750. The Morgan fingerprint density at radius 2 is 2.05 bits per heavy atom. The van der Waals surface area contributed by atoms with Crippen molar-refractivity contribution >= 4 is 11.8 Å². The molecular formula is C13H13FN6S. The molecule has 3 rings (SSSR count). The Labute approximate surface area is 124 Å². The highest BCUT2D eigenvalue weighted by Crippen LogP contribution is 2.32. The van der Waals surface area contributed by atoms with Gasteiger partial charge in [-0.1, -0.05) is 11.8 Å². The molecule has 0 bridgehead atoms. The van der Waals surface area contributed by atoms with E-state index >= 15 is 0 Å². The molecule has 0 aliphatic carbocycles. The normalized spacial score (nSPS) is 12.5. The first-order chi connectivity index (χ1) is 10.1. The van der Waals surface area contributed by atoms with E-state index in [1.54, 1.807) is 30.1 Å². The lowest BCUT2D eigenvalue weighted by Crippen LogP contribution is -2.01. The molecule has 2 heterocycles. The summed E-state index contributed by atoms with van der Waals surface area (Å²) in [5.74, 6) is 0.524. The molecule has 0 aliphatic heterocycles. The van der Waals surface area contributed by atoms with Crippen LogP contribution in [-0.4, -0.2) is 30.2 Å². The Morgan fingerprint density at radius 1 is 1.29 bits per heavy atom. The summed E-state index contributed by atoms with van der Waals surface area (Å²) in [5.41, 5.74) is 1.74. The summed E-state index contributed by atoms with van der Waals surface area (Å²) >= 11 is 1.53. The van der Waals surface area contributed by atoms with Crippen LogP contribution in [0.5, 0.6) is 0 Å². The van der Waals surface area contributed by atoms with Gasteiger partial charge in [0, 0.05) is 7.05 Å². The van der Waals surface area contributed by atoms with Crippen molar-refractivity contribution in [3.63, 3.8) is 0 Å². The fourth-order valence-corrected chi connectivity index (χ4v) is 2.86. The minimum absolute atomic E-state index is 0.0669. The Hall–Kier alpha value is -2.22. The first-order valence-corrected chi connectivity index (χ1v) is 7.21. The molecule has 2 aromatic heterocycles. The van der Waals surface area contributed by atoms with E-state index in [4.69, 9.17) is 0 Å². The number of thioether (sulfide) groups is 1. The lowest BCUT2D eigenvalue weighted by Gasteiger charge is -2.06. The highest BCUT2D eigenvalue weighted by Gasteiger charge is 2.16. The van der Waals surface area contributed by atoms with Crippen LogP contribution in [0.25, 0.3) is 11.3 Å². The number of aromatic nitrogens is 6. The molecule has 108 valence electrons. The Kier molecular flexibility index (Phi) is 3.70. The second-order valence-electron chi connectivity index (χ2n) is 4.53. The van der Waals surface area contributed by atoms with Crippen LogP contribution in [-0.2, 0) is 7.05 Å². The number of nitrogens with zero attached hydrogens (tertiary/aromatic N) is 5. The molecule has 0 spiro atoms. The molecule has 0 radical (unpaired) electrons. The number of halogens is 1. The zero-order valence-corrected chi connectivity index (χ0v) is 12.3. The molecule has 3 aromatic rings. The predicted molar refractivity (Wildman–Crippen MR) is 77.1 cm³/mol. The summed E-state index contributed by atoms with van der Waals surface area (Å²) in [4.78, 5) is 7.54. The van der Waals surface area contributed by atoms with Gasteiger partial charge in [-0.25, -0.2) is 14.1 Å². The second-order valence-corrected chi connectivity index (χ2v) is 5.86. The van der Waals surface area contributed by atoms with E-state index in [-0.39, 0.29) is 11.1 Å². The van der Waals surface area contributed by atoms with E-state index in [9.17, 15) is 4.39 Å². The highest BCUT2D eigenvalue weighted by atomic mass is 32.2. The molecule has 1 atom stereocenters. The minimum Gasteiger partial charge on any atom is -0.333 e. The van der Waals surface area contributed by atoms with Crippen molar-refractivity contribution < 1.29 is 4.39 Å². The van der Waals surface area contributed by atoms with Crippen molar-refractivity contribution in [2.45, 2.75) is 17.3 Å². The van der Waals surface area contributed by atoms with Crippen LogP contribution in [0.15, 0.2) is 35.6 Å². The largest absolute Gasteiger partial charge is 0.333 e.